The summed E-state index contributed by atoms with van der Waals surface area (Å²) in [6, 6.07) is 0. The fourth-order valence-electron chi connectivity index (χ4n) is 3.47. The molecule has 1 aromatic heterocycles. The number of hydrogen-bond acceptors (Lipinski definition) is 4. The number of nitrogens with one attached hydrogen (secondary N) is 1. The molecule has 3 rings (SSSR count). The number of aromatic nitrogens is 3. The maximum absolute atomic E-state index is 5.98. The lowest BCUT2D eigenvalue weighted by Gasteiger charge is -2.22. The smallest absolute Gasteiger partial charge is 0.154 e. The van der Waals surface area contributed by atoms with Gasteiger partial charge in [0.05, 0.1) is 12.7 Å². The van der Waals surface area contributed by atoms with Crippen molar-refractivity contribution in [2.24, 2.45) is 7.05 Å². The molecule has 0 atom stereocenters. The summed E-state index contributed by atoms with van der Waals surface area (Å²) in [6.07, 6.45) is 10.1. The molecule has 21 heavy (non-hydrogen) atoms. The minimum Gasteiger partial charge on any atom is -0.378 e. The van der Waals surface area contributed by atoms with Crippen LogP contribution in [0.15, 0.2) is 0 Å². The van der Waals surface area contributed by atoms with E-state index >= 15 is 0 Å². The SMILES string of the molecule is Cn1nc(C2CCCCC2)nc1CCOC1CCNCC1. The maximum atomic E-state index is 5.98. The van der Waals surface area contributed by atoms with Crippen LogP contribution in [-0.2, 0) is 18.2 Å². The van der Waals surface area contributed by atoms with Crippen molar-refractivity contribution in [1.82, 2.24) is 20.1 Å². The molecule has 1 aliphatic heterocycles. The number of rotatable bonds is 5. The Morgan fingerprint density at radius 1 is 1.14 bits per heavy atom. The summed E-state index contributed by atoms with van der Waals surface area (Å²) in [4.78, 5) is 4.78. The summed E-state index contributed by atoms with van der Waals surface area (Å²) in [6.45, 7) is 2.93. The maximum Gasteiger partial charge on any atom is 0.154 e. The molecule has 5 nitrogen and oxygen atoms in total. The molecule has 0 spiro atoms. The van der Waals surface area contributed by atoms with Gasteiger partial charge < -0.3 is 10.1 Å². The lowest BCUT2D eigenvalue weighted by Crippen LogP contribution is -2.32. The van der Waals surface area contributed by atoms with E-state index in [0.29, 0.717) is 12.0 Å². The van der Waals surface area contributed by atoms with E-state index in [-0.39, 0.29) is 0 Å². The quantitative estimate of drug-likeness (QED) is 0.903. The van der Waals surface area contributed by atoms with Gasteiger partial charge in [0.15, 0.2) is 5.82 Å². The number of nitrogens with zero attached hydrogens (tertiary/aromatic N) is 3. The van der Waals surface area contributed by atoms with Crippen molar-refractivity contribution in [1.29, 1.82) is 0 Å². The van der Waals surface area contributed by atoms with E-state index < -0.39 is 0 Å². The summed E-state index contributed by atoms with van der Waals surface area (Å²) in [5.41, 5.74) is 0. The Morgan fingerprint density at radius 2 is 1.90 bits per heavy atom. The first-order chi connectivity index (χ1) is 10.3. The van der Waals surface area contributed by atoms with E-state index in [0.717, 1.165) is 50.6 Å². The molecule has 2 heterocycles. The van der Waals surface area contributed by atoms with Crippen LogP contribution in [0, 0.1) is 0 Å². The van der Waals surface area contributed by atoms with Gasteiger partial charge >= 0.3 is 0 Å². The molecule has 1 aliphatic carbocycles. The summed E-state index contributed by atoms with van der Waals surface area (Å²) in [5.74, 6) is 2.72. The van der Waals surface area contributed by atoms with Gasteiger partial charge in [-0.3, -0.25) is 4.68 Å². The van der Waals surface area contributed by atoms with Gasteiger partial charge in [0, 0.05) is 19.4 Å². The van der Waals surface area contributed by atoms with Gasteiger partial charge in [-0.15, -0.1) is 0 Å². The van der Waals surface area contributed by atoms with Crippen LogP contribution in [0.1, 0.15) is 62.5 Å². The summed E-state index contributed by atoms with van der Waals surface area (Å²) in [5, 5.41) is 8.00. The molecule has 1 saturated heterocycles. The number of aryl methyl sites for hydroxylation is 1. The second kappa shape index (κ2) is 7.36. The monoisotopic (exact) mass is 292 g/mol. The molecule has 0 aromatic carbocycles. The lowest BCUT2D eigenvalue weighted by molar-refractivity contribution is 0.0339. The van der Waals surface area contributed by atoms with Gasteiger partial charge in [0.2, 0.25) is 0 Å². The predicted octanol–water partition coefficient (Wildman–Crippen LogP) is 2.17. The van der Waals surface area contributed by atoms with Crippen molar-refractivity contribution in [3.63, 3.8) is 0 Å². The Labute approximate surface area is 127 Å². The van der Waals surface area contributed by atoms with Crippen molar-refractivity contribution in [3.05, 3.63) is 11.6 Å². The van der Waals surface area contributed by atoms with E-state index in [4.69, 9.17) is 9.72 Å². The molecule has 0 radical (unpaired) electrons. The van der Waals surface area contributed by atoms with Crippen LogP contribution in [0.25, 0.3) is 0 Å². The Bertz CT molecular complexity index is 433. The topological polar surface area (TPSA) is 52.0 Å². The zero-order chi connectivity index (χ0) is 14.5. The van der Waals surface area contributed by atoms with E-state index in [9.17, 15) is 0 Å². The highest BCUT2D eigenvalue weighted by atomic mass is 16.5. The fourth-order valence-corrected chi connectivity index (χ4v) is 3.47. The largest absolute Gasteiger partial charge is 0.378 e. The molecule has 0 bridgehead atoms. The molecule has 2 aliphatic rings. The standard InChI is InChI=1S/C16H28N4O/c1-20-15(9-12-21-14-7-10-17-11-8-14)18-16(19-20)13-5-3-2-4-6-13/h13-14,17H,2-12H2,1H3. The van der Waals surface area contributed by atoms with E-state index in [1.807, 2.05) is 11.7 Å². The van der Waals surface area contributed by atoms with Crippen LogP contribution in [0.2, 0.25) is 0 Å². The van der Waals surface area contributed by atoms with Crippen LogP contribution in [-0.4, -0.2) is 40.6 Å². The average Bonchev–Trinajstić information content (AvgIpc) is 2.91. The number of hydrogen-bond donors (Lipinski definition) is 1. The summed E-state index contributed by atoms with van der Waals surface area (Å²) in [7, 11) is 2.01. The minimum atomic E-state index is 0.428. The van der Waals surface area contributed by atoms with Crippen LogP contribution < -0.4 is 5.32 Å². The lowest BCUT2D eigenvalue weighted by atomic mass is 9.89. The summed E-state index contributed by atoms with van der Waals surface area (Å²) >= 11 is 0. The third-order valence-electron chi connectivity index (χ3n) is 4.81. The molecular weight excluding hydrogens is 264 g/mol. The molecule has 0 unspecified atom stereocenters. The van der Waals surface area contributed by atoms with Gasteiger partial charge in [-0.1, -0.05) is 19.3 Å². The van der Waals surface area contributed by atoms with Crippen molar-refractivity contribution < 1.29 is 4.74 Å². The highest BCUT2D eigenvalue weighted by Gasteiger charge is 2.21. The van der Waals surface area contributed by atoms with E-state index in [2.05, 4.69) is 10.4 Å². The molecule has 0 amide bonds. The minimum absolute atomic E-state index is 0.428. The Hall–Kier alpha value is -0.940. The molecule has 2 fully saturated rings. The fraction of sp³-hybridized carbons (Fsp3) is 0.875. The van der Waals surface area contributed by atoms with Crippen molar-refractivity contribution in [2.75, 3.05) is 19.7 Å². The number of piperidine rings is 1. The van der Waals surface area contributed by atoms with Crippen molar-refractivity contribution in [2.45, 2.75) is 63.4 Å². The Kier molecular flexibility index (Phi) is 5.25. The zero-order valence-electron chi connectivity index (χ0n) is 13.2. The first-order valence-electron chi connectivity index (χ1n) is 8.55. The Balaban J connectivity index is 1.49. The average molecular weight is 292 g/mol. The molecule has 1 aromatic rings. The van der Waals surface area contributed by atoms with Crippen molar-refractivity contribution in [3.8, 4) is 0 Å². The highest BCUT2D eigenvalue weighted by molar-refractivity contribution is 5.00. The first-order valence-corrected chi connectivity index (χ1v) is 8.55. The second-order valence-electron chi connectivity index (χ2n) is 6.41. The van der Waals surface area contributed by atoms with Gasteiger partial charge in [-0.2, -0.15) is 5.10 Å². The van der Waals surface area contributed by atoms with Crippen LogP contribution in [0.3, 0.4) is 0 Å². The molecule has 1 saturated carbocycles. The molecule has 118 valence electrons. The molecule has 1 N–H and O–H groups in total. The van der Waals surface area contributed by atoms with Gasteiger partial charge in [0.25, 0.3) is 0 Å². The molecule has 5 heteroatoms. The van der Waals surface area contributed by atoms with Crippen LogP contribution in [0.4, 0.5) is 0 Å². The van der Waals surface area contributed by atoms with E-state index in [1.165, 1.54) is 32.1 Å². The molecular formula is C16H28N4O. The Morgan fingerprint density at radius 3 is 2.67 bits per heavy atom. The van der Waals surface area contributed by atoms with E-state index in [1.54, 1.807) is 0 Å². The highest BCUT2D eigenvalue weighted by Crippen LogP contribution is 2.30. The van der Waals surface area contributed by atoms with Crippen molar-refractivity contribution >= 4 is 0 Å². The third-order valence-corrected chi connectivity index (χ3v) is 4.81. The van der Waals surface area contributed by atoms with Crippen LogP contribution in [0.5, 0.6) is 0 Å². The second-order valence-corrected chi connectivity index (χ2v) is 6.41. The van der Waals surface area contributed by atoms with Gasteiger partial charge in [-0.25, -0.2) is 4.98 Å². The summed E-state index contributed by atoms with van der Waals surface area (Å²) < 4.78 is 7.93. The normalized spacial score (nSPS) is 21.8. The van der Waals surface area contributed by atoms with Gasteiger partial charge in [0.1, 0.15) is 5.82 Å². The zero-order valence-corrected chi connectivity index (χ0v) is 13.2. The third kappa shape index (κ3) is 4.04. The van der Waals surface area contributed by atoms with Gasteiger partial charge in [-0.05, 0) is 38.8 Å². The predicted molar refractivity (Wildman–Crippen MR) is 82.4 cm³/mol. The van der Waals surface area contributed by atoms with Crippen LogP contribution >= 0.6 is 0 Å². The number of ether oxygens (including phenoxy) is 1. The first kappa shape index (κ1) is 15.0.